The number of nitrogens with two attached hydrogens (primary N) is 1. The Hall–Kier alpha value is -3.74. The third kappa shape index (κ3) is 5.57. The van der Waals surface area contributed by atoms with E-state index in [0.717, 1.165) is 29.5 Å². The molecule has 7 nitrogen and oxygen atoms in total. The highest BCUT2D eigenvalue weighted by atomic mass is 32.2. The number of aromatic nitrogens is 1. The average molecular weight is 529 g/mol. The molecule has 0 saturated carbocycles. The summed E-state index contributed by atoms with van der Waals surface area (Å²) in [5, 5.41) is 5.25. The van der Waals surface area contributed by atoms with Gasteiger partial charge in [0.1, 0.15) is 5.69 Å². The summed E-state index contributed by atoms with van der Waals surface area (Å²) in [7, 11) is -2.04. The van der Waals surface area contributed by atoms with E-state index in [9.17, 15) is 8.42 Å². The highest BCUT2D eigenvalue weighted by molar-refractivity contribution is 7.89. The van der Waals surface area contributed by atoms with Gasteiger partial charge in [0.2, 0.25) is 10.0 Å². The van der Waals surface area contributed by atoms with E-state index in [1.54, 1.807) is 19.2 Å². The summed E-state index contributed by atoms with van der Waals surface area (Å²) in [6.07, 6.45) is 2.15. The van der Waals surface area contributed by atoms with Gasteiger partial charge < -0.3 is 13.9 Å². The highest BCUT2D eigenvalue weighted by Crippen LogP contribution is 2.36. The predicted octanol–water partition coefficient (Wildman–Crippen LogP) is 4.90. The van der Waals surface area contributed by atoms with E-state index >= 15 is 0 Å². The Labute approximate surface area is 222 Å². The SMILES string of the molecule is COC1(c2cccc(CC#Cc3nc(-c4ccccc4)c(-c4ccc(S(N)(=O)=O)cc4)o3)c2)CCOCC1. The lowest BCUT2D eigenvalue weighted by Crippen LogP contribution is -2.35. The molecule has 4 aromatic rings. The molecule has 8 heteroatoms. The van der Waals surface area contributed by atoms with Gasteiger partial charge in [-0.3, -0.25) is 0 Å². The van der Waals surface area contributed by atoms with Crippen LogP contribution in [0.25, 0.3) is 22.6 Å². The van der Waals surface area contributed by atoms with Gasteiger partial charge in [-0.05, 0) is 41.3 Å². The fourth-order valence-electron chi connectivity index (χ4n) is 4.66. The Morgan fingerprint density at radius 1 is 0.974 bits per heavy atom. The molecule has 0 bridgehead atoms. The van der Waals surface area contributed by atoms with E-state index in [2.05, 4.69) is 29.0 Å². The molecule has 5 rings (SSSR count). The van der Waals surface area contributed by atoms with E-state index in [4.69, 9.17) is 19.0 Å². The maximum absolute atomic E-state index is 11.7. The fraction of sp³-hybridized carbons (Fsp3) is 0.233. The summed E-state index contributed by atoms with van der Waals surface area (Å²) < 4.78 is 40.9. The summed E-state index contributed by atoms with van der Waals surface area (Å²) in [6.45, 7) is 1.36. The second kappa shape index (κ2) is 10.9. The zero-order valence-electron chi connectivity index (χ0n) is 21.0. The maximum Gasteiger partial charge on any atom is 0.274 e. The van der Waals surface area contributed by atoms with Crippen molar-refractivity contribution in [3.05, 3.63) is 95.9 Å². The lowest BCUT2D eigenvalue weighted by Gasteiger charge is -2.36. The minimum atomic E-state index is -3.80. The number of sulfonamides is 1. The quantitative estimate of drug-likeness (QED) is 0.357. The average Bonchev–Trinajstić information content (AvgIpc) is 3.38. The molecule has 1 fully saturated rings. The number of nitrogens with zero attached hydrogens (tertiary/aromatic N) is 1. The monoisotopic (exact) mass is 528 g/mol. The molecule has 1 aliphatic rings. The van der Waals surface area contributed by atoms with Crippen molar-refractivity contribution in [2.24, 2.45) is 5.14 Å². The van der Waals surface area contributed by atoms with Crippen molar-refractivity contribution in [3.8, 4) is 34.4 Å². The van der Waals surface area contributed by atoms with Crippen LogP contribution in [-0.4, -0.2) is 33.7 Å². The molecule has 194 valence electrons. The van der Waals surface area contributed by atoms with Crippen molar-refractivity contribution >= 4 is 10.0 Å². The number of hydrogen-bond acceptors (Lipinski definition) is 6. The van der Waals surface area contributed by atoms with Crippen LogP contribution in [0.4, 0.5) is 0 Å². The Bertz CT molecular complexity index is 1580. The van der Waals surface area contributed by atoms with Crippen molar-refractivity contribution in [1.29, 1.82) is 0 Å². The number of hydrogen-bond donors (Lipinski definition) is 1. The molecule has 0 aliphatic carbocycles. The molecule has 1 saturated heterocycles. The molecule has 0 radical (unpaired) electrons. The van der Waals surface area contributed by atoms with Crippen LogP contribution in [0.5, 0.6) is 0 Å². The summed E-state index contributed by atoms with van der Waals surface area (Å²) in [6, 6.07) is 24.2. The van der Waals surface area contributed by atoms with E-state index in [1.807, 2.05) is 42.5 Å². The number of ether oxygens (including phenoxy) is 2. The molecule has 0 atom stereocenters. The van der Waals surface area contributed by atoms with Crippen LogP contribution in [0.1, 0.15) is 29.9 Å². The molecule has 1 aromatic heterocycles. The number of benzene rings is 3. The second-order valence-corrected chi connectivity index (χ2v) is 10.7. The van der Waals surface area contributed by atoms with Crippen LogP contribution in [0.3, 0.4) is 0 Å². The first-order valence-corrected chi connectivity index (χ1v) is 13.8. The lowest BCUT2D eigenvalue weighted by atomic mass is 9.85. The molecular formula is C30H28N2O5S. The van der Waals surface area contributed by atoms with Crippen molar-refractivity contribution < 1.29 is 22.3 Å². The van der Waals surface area contributed by atoms with Gasteiger partial charge in [0.15, 0.2) is 5.76 Å². The van der Waals surface area contributed by atoms with Crippen molar-refractivity contribution in [3.63, 3.8) is 0 Å². The standard InChI is InChI=1S/C30H28N2O5S/c1-35-30(17-19-36-20-18-30)25-11-5-7-22(21-25)8-6-12-27-32-28(23-9-3-2-4-10-23)29(37-27)24-13-15-26(16-14-24)38(31,33)34/h2-5,7,9-11,13-16,21H,8,17-20H2,1H3,(H2,31,33,34). The summed E-state index contributed by atoms with van der Waals surface area (Å²) in [5.74, 6) is 7.03. The Kier molecular flexibility index (Phi) is 7.45. The summed E-state index contributed by atoms with van der Waals surface area (Å²) >= 11 is 0. The van der Waals surface area contributed by atoms with Gasteiger partial charge in [-0.15, -0.1) is 0 Å². The molecule has 3 aromatic carbocycles. The third-order valence-corrected chi connectivity index (χ3v) is 7.68. The van der Waals surface area contributed by atoms with Gasteiger partial charge in [0.25, 0.3) is 5.89 Å². The van der Waals surface area contributed by atoms with Gasteiger partial charge in [-0.1, -0.05) is 60.5 Å². The largest absolute Gasteiger partial charge is 0.429 e. The van der Waals surface area contributed by atoms with Gasteiger partial charge in [-0.25, -0.2) is 18.5 Å². The maximum atomic E-state index is 11.7. The highest BCUT2D eigenvalue weighted by Gasteiger charge is 2.34. The predicted molar refractivity (Wildman–Crippen MR) is 145 cm³/mol. The first kappa shape index (κ1) is 25.9. The summed E-state index contributed by atoms with van der Waals surface area (Å²) in [5.41, 5.74) is 4.04. The van der Waals surface area contributed by atoms with Crippen LogP contribution in [0.2, 0.25) is 0 Å². The summed E-state index contributed by atoms with van der Waals surface area (Å²) in [4.78, 5) is 4.69. The Morgan fingerprint density at radius 2 is 1.71 bits per heavy atom. The number of oxazole rings is 1. The minimum Gasteiger partial charge on any atom is -0.429 e. The lowest BCUT2D eigenvalue weighted by molar-refractivity contribution is -0.0948. The van der Waals surface area contributed by atoms with Gasteiger partial charge in [-0.2, -0.15) is 0 Å². The second-order valence-electron chi connectivity index (χ2n) is 9.12. The normalized spacial score (nSPS) is 15.0. The van der Waals surface area contributed by atoms with Gasteiger partial charge in [0.05, 0.1) is 10.5 Å². The van der Waals surface area contributed by atoms with Crippen molar-refractivity contribution in [2.75, 3.05) is 20.3 Å². The number of methoxy groups -OCH3 is 1. The molecule has 0 spiro atoms. The minimum absolute atomic E-state index is 0.0280. The molecular weight excluding hydrogens is 500 g/mol. The topological polar surface area (TPSA) is 105 Å². The van der Waals surface area contributed by atoms with Crippen LogP contribution >= 0.6 is 0 Å². The van der Waals surface area contributed by atoms with E-state index in [1.165, 1.54) is 12.1 Å². The van der Waals surface area contributed by atoms with Crippen molar-refractivity contribution in [1.82, 2.24) is 4.98 Å². The zero-order chi connectivity index (χ0) is 26.6. The number of rotatable bonds is 6. The number of primary sulfonamides is 1. The molecule has 0 amide bonds. The van der Waals surface area contributed by atoms with E-state index < -0.39 is 10.0 Å². The van der Waals surface area contributed by atoms with Gasteiger partial charge >= 0.3 is 0 Å². The molecule has 38 heavy (non-hydrogen) atoms. The molecule has 0 unspecified atom stereocenters. The smallest absolute Gasteiger partial charge is 0.274 e. The van der Waals surface area contributed by atoms with E-state index in [0.29, 0.717) is 36.7 Å². The van der Waals surface area contributed by atoms with Crippen LogP contribution < -0.4 is 5.14 Å². The first-order chi connectivity index (χ1) is 18.4. The molecule has 2 N–H and O–H groups in total. The van der Waals surface area contributed by atoms with Crippen LogP contribution in [0, 0.1) is 11.8 Å². The third-order valence-electron chi connectivity index (χ3n) is 6.75. The van der Waals surface area contributed by atoms with Gasteiger partial charge in [0, 0.05) is 50.7 Å². The van der Waals surface area contributed by atoms with Crippen LogP contribution in [-0.2, 0) is 31.5 Å². The Morgan fingerprint density at radius 3 is 2.39 bits per heavy atom. The van der Waals surface area contributed by atoms with Crippen LogP contribution in [0.15, 0.2) is 88.2 Å². The van der Waals surface area contributed by atoms with E-state index in [-0.39, 0.29) is 16.4 Å². The Balaban J connectivity index is 1.43. The first-order valence-electron chi connectivity index (χ1n) is 12.3. The zero-order valence-corrected chi connectivity index (χ0v) is 21.8. The fourth-order valence-corrected chi connectivity index (χ4v) is 5.17. The van der Waals surface area contributed by atoms with Crippen molar-refractivity contribution in [2.45, 2.75) is 29.8 Å². The molecule has 2 heterocycles. The molecule has 1 aliphatic heterocycles.